The maximum absolute atomic E-state index is 12.2. The average Bonchev–Trinajstić information content (AvgIpc) is 2.61. The van der Waals surface area contributed by atoms with Crippen molar-refractivity contribution >= 4 is 9.84 Å². The lowest BCUT2D eigenvalue weighted by molar-refractivity contribution is 0.0907. The normalized spacial score (nSPS) is 29.5. The molecule has 1 saturated heterocycles. The number of benzene rings is 1. The van der Waals surface area contributed by atoms with Crippen molar-refractivity contribution in [1.82, 2.24) is 0 Å². The van der Waals surface area contributed by atoms with Gasteiger partial charge in [-0.2, -0.15) is 0 Å². The highest BCUT2D eigenvalue weighted by Crippen LogP contribution is 2.28. The number of aliphatic hydroxyl groups is 1. The van der Waals surface area contributed by atoms with E-state index >= 15 is 0 Å². The summed E-state index contributed by atoms with van der Waals surface area (Å²) < 4.78 is 29.6. The zero-order chi connectivity index (χ0) is 12.6. The van der Waals surface area contributed by atoms with Crippen molar-refractivity contribution < 1.29 is 18.3 Å². The molecule has 1 N–H and O–H groups in total. The number of hydrogen-bond acceptors (Lipinski definition) is 4. The molecular weight excluding hydrogens is 240 g/mol. The Kier molecular flexibility index (Phi) is 3.25. The van der Waals surface area contributed by atoms with Crippen LogP contribution in [-0.2, 0) is 14.6 Å². The van der Waals surface area contributed by atoms with E-state index in [2.05, 4.69) is 0 Å². The first kappa shape index (κ1) is 12.5. The zero-order valence-corrected chi connectivity index (χ0v) is 10.6. The summed E-state index contributed by atoms with van der Waals surface area (Å²) in [7, 11) is -3.61. The van der Waals surface area contributed by atoms with Gasteiger partial charge in [-0.3, -0.25) is 0 Å². The summed E-state index contributed by atoms with van der Waals surface area (Å²) in [6, 6.07) is 6.56. The first-order chi connectivity index (χ1) is 7.93. The smallest absolute Gasteiger partial charge is 0.207 e. The number of aliphatic hydroxyl groups excluding tert-OH is 1. The quantitative estimate of drug-likeness (QED) is 0.861. The summed E-state index contributed by atoms with van der Waals surface area (Å²) in [5.74, 6) is -0.153. The molecule has 2 rings (SSSR count). The molecule has 0 spiro atoms. The molecule has 1 aromatic rings. The molecule has 1 aliphatic heterocycles. The van der Waals surface area contributed by atoms with Gasteiger partial charge in [-0.15, -0.1) is 0 Å². The summed E-state index contributed by atoms with van der Waals surface area (Å²) in [5.41, 5.74) is -0.148. The lowest BCUT2D eigenvalue weighted by Crippen LogP contribution is -2.32. The van der Waals surface area contributed by atoms with Crippen molar-refractivity contribution in [2.24, 2.45) is 5.92 Å². The van der Waals surface area contributed by atoms with Crippen LogP contribution < -0.4 is 0 Å². The van der Waals surface area contributed by atoms with Crippen LogP contribution in [0.15, 0.2) is 29.2 Å². The van der Waals surface area contributed by atoms with Crippen LogP contribution in [0.5, 0.6) is 0 Å². The first-order valence-electron chi connectivity index (χ1n) is 5.53. The maximum Gasteiger partial charge on any atom is 0.207 e. The average molecular weight is 256 g/mol. The van der Waals surface area contributed by atoms with Crippen LogP contribution in [0.4, 0.5) is 0 Å². The van der Waals surface area contributed by atoms with Crippen molar-refractivity contribution in [3.05, 3.63) is 29.8 Å². The molecule has 0 radical (unpaired) electrons. The molecule has 0 aromatic heterocycles. The SMILES string of the molecule is Cc1ccc(S(=O)(=O)[C@H]2OC[C@H](C)[C@@H]2O)cc1. The van der Waals surface area contributed by atoms with Crippen LogP contribution in [-0.4, -0.2) is 31.7 Å². The van der Waals surface area contributed by atoms with Gasteiger partial charge < -0.3 is 9.84 Å². The summed E-state index contributed by atoms with van der Waals surface area (Å²) in [6.45, 7) is 3.94. The minimum Gasteiger partial charge on any atom is -0.389 e. The van der Waals surface area contributed by atoms with Gasteiger partial charge in [0, 0.05) is 5.92 Å². The van der Waals surface area contributed by atoms with Gasteiger partial charge >= 0.3 is 0 Å². The molecule has 94 valence electrons. The highest BCUT2D eigenvalue weighted by Gasteiger charge is 2.42. The largest absolute Gasteiger partial charge is 0.389 e. The highest BCUT2D eigenvalue weighted by molar-refractivity contribution is 7.92. The Morgan fingerprint density at radius 3 is 2.35 bits per heavy atom. The third-order valence-corrected chi connectivity index (χ3v) is 5.00. The third kappa shape index (κ3) is 2.22. The van der Waals surface area contributed by atoms with Crippen LogP contribution in [0.3, 0.4) is 0 Å². The molecular formula is C12H16O4S. The second-order valence-corrected chi connectivity index (χ2v) is 6.55. The number of hydrogen-bond donors (Lipinski definition) is 1. The fourth-order valence-electron chi connectivity index (χ4n) is 1.85. The summed E-state index contributed by atoms with van der Waals surface area (Å²) in [5, 5.41) is 9.80. The fourth-order valence-corrected chi connectivity index (χ4v) is 3.52. The summed E-state index contributed by atoms with van der Waals surface area (Å²) in [6.07, 6.45) is -0.957. The van der Waals surface area contributed by atoms with Gasteiger partial charge in [-0.1, -0.05) is 24.6 Å². The first-order valence-corrected chi connectivity index (χ1v) is 7.08. The van der Waals surface area contributed by atoms with E-state index in [9.17, 15) is 13.5 Å². The standard InChI is InChI=1S/C12H16O4S/c1-8-3-5-10(6-4-8)17(14,15)12-11(13)9(2)7-16-12/h3-6,9,11-13H,7H2,1-2H3/t9-,11-,12+/m0/s1. The molecule has 3 atom stereocenters. The maximum atomic E-state index is 12.2. The summed E-state index contributed by atoms with van der Waals surface area (Å²) >= 11 is 0. The van der Waals surface area contributed by atoms with Crippen LogP contribution in [0.1, 0.15) is 12.5 Å². The Balaban J connectivity index is 2.34. The van der Waals surface area contributed by atoms with E-state index in [-0.39, 0.29) is 17.4 Å². The molecule has 1 fully saturated rings. The van der Waals surface area contributed by atoms with Gasteiger partial charge in [-0.25, -0.2) is 8.42 Å². The van der Waals surface area contributed by atoms with Gasteiger partial charge in [0.1, 0.15) is 0 Å². The lowest BCUT2D eigenvalue weighted by Gasteiger charge is -2.16. The van der Waals surface area contributed by atoms with Crippen molar-refractivity contribution in [3.8, 4) is 0 Å². The Morgan fingerprint density at radius 2 is 1.88 bits per heavy atom. The van der Waals surface area contributed by atoms with Crippen molar-refractivity contribution in [3.63, 3.8) is 0 Å². The van der Waals surface area contributed by atoms with Gasteiger partial charge in [0.05, 0.1) is 17.6 Å². The highest BCUT2D eigenvalue weighted by atomic mass is 32.2. The molecule has 0 saturated carbocycles. The second kappa shape index (κ2) is 4.40. The molecule has 1 heterocycles. The van der Waals surface area contributed by atoms with Gasteiger partial charge in [0.25, 0.3) is 0 Å². The number of ether oxygens (including phenoxy) is 1. The Bertz CT molecular complexity index is 492. The van der Waals surface area contributed by atoms with E-state index in [4.69, 9.17) is 4.74 Å². The Hall–Kier alpha value is -0.910. The lowest BCUT2D eigenvalue weighted by atomic mass is 10.1. The molecule has 1 aliphatic rings. The van der Waals surface area contributed by atoms with E-state index in [1.54, 1.807) is 31.2 Å². The predicted octanol–water partition coefficient (Wildman–Crippen LogP) is 1.12. The van der Waals surface area contributed by atoms with E-state index in [1.807, 2.05) is 6.92 Å². The van der Waals surface area contributed by atoms with Crippen molar-refractivity contribution in [2.75, 3.05) is 6.61 Å². The molecule has 0 aliphatic carbocycles. The number of sulfone groups is 1. The Labute approximate surface area is 101 Å². The number of aryl methyl sites for hydroxylation is 1. The van der Waals surface area contributed by atoms with Crippen molar-refractivity contribution in [1.29, 1.82) is 0 Å². The van der Waals surface area contributed by atoms with Gasteiger partial charge in [0.15, 0.2) is 5.44 Å². The zero-order valence-electron chi connectivity index (χ0n) is 9.83. The summed E-state index contributed by atoms with van der Waals surface area (Å²) in [4.78, 5) is 0.196. The minimum atomic E-state index is -3.61. The molecule has 5 heteroatoms. The third-order valence-electron chi connectivity index (χ3n) is 3.04. The molecule has 4 nitrogen and oxygen atoms in total. The molecule has 0 unspecified atom stereocenters. The molecule has 17 heavy (non-hydrogen) atoms. The van der Waals surface area contributed by atoms with Gasteiger partial charge in [0.2, 0.25) is 9.84 Å². The predicted molar refractivity (Wildman–Crippen MR) is 63.3 cm³/mol. The van der Waals surface area contributed by atoms with E-state index in [1.165, 1.54) is 0 Å². The van der Waals surface area contributed by atoms with E-state index < -0.39 is 21.4 Å². The fraction of sp³-hybridized carbons (Fsp3) is 0.500. The van der Waals surface area contributed by atoms with E-state index in [0.29, 0.717) is 0 Å². The van der Waals surface area contributed by atoms with Gasteiger partial charge in [-0.05, 0) is 19.1 Å². The molecule has 1 aromatic carbocycles. The van der Waals surface area contributed by atoms with Crippen LogP contribution in [0.2, 0.25) is 0 Å². The van der Waals surface area contributed by atoms with E-state index in [0.717, 1.165) is 5.56 Å². The van der Waals surface area contributed by atoms with Crippen LogP contribution in [0.25, 0.3) is 0 Å². The number of rotatable bonds is 2. The van der Waals surface area contributed by atoms with Crippen LogP contribution >= 0.6 is 0 Å². The van der Waals surface area contributed by atoms with Crippen LogP contribution in [0, 0.1) is 12.8 Å². The topological polar surface area (TPSA) is 63.6 Å². The monoisotopic (exact) mass is 256 g/mol. The Morgan fingerprint density at radius 1 is 1.29 bits per heavy atom. The van der Waals surface area contributed by atoms with Crippen molar-refractivity contribution in [2.45, 2.75) is 30.3 Å². The second-order valence-electron chi connectivity index (χ2n) is 4.53. The molecule has 0 bridgehead atoms. The molecule has 0 amide bonds. The minimum absolute atomic E-state index is 0.153.